The third kappa shape index (κ3) is 4.17. The van der Waals surface area contributed by atoms with Gasteiger partial charge in [-0.15, -0.1) is 0 Å². The fourth-order valence-corrected chi connectivity index (χ4v) is 3.02. The van der Waals surface area contributed by atoms with Gasteiger partial charge in [0.15, 0.2) is 0 Å². The molecule has 1 aromatic carbocycles. The van der Waals surface area contributed by atoms with Crippen molar-refractivity contribution in [3.8, 4) is 16.9 Å². The average molecular weight is 360 g/mol. The zero-order valence-electron chi connectivity index (χ0n) is 16.1. The smallest absolute Gasteiger partial charge is 0.255 e. The predicted molar refractivity (Wildman–Crippen MR) is 111 cm³/mol. The lowest BCUT2D eigenvalue weighted by atomic mass is 9.83. The Morgan fingerprint density at radius 3 is 2.44 bits per heavy atom. The van der Waals surface area contributed by atoms with Crippen molar-refractivity contribution in [2.75, 3.05) is 7.11 Å². The average Bonchev–Trinajstić information content (AvgIpc) is 2.66. The molecule has 3 aromatic rings. The molecule has 0 unspecified atom stereocenters. The van der Waals surface area contributed by atoms with E-state index in [4.69, 9.17) is 4.74 Å². The second-order valence-electron chi connectivity index (χ2n) is 7.42. The van der Waals surface area contributed by atoms with E-state index < -0.39 is 0 Å². The van der Waals surface area contributed by atoms with Crippen LogP contribution in [0.15, 0.2) is 59.8 Å². The van der Waals surface area contributed by atoms with Crippen LogP contribution in [0.3, 0.4) is 0 Å². The Hall–Kier alpha value is -3.14. The molecule has 0 aliphatic heterocycles. The molecule has 0 radical (unpaired) electrons. The summed E-state index contributed by atoms with van der Waals surface area (Å²) in [4.78, 5) is 19.1. The van der Waals surface area contributed by atoms with Gasteiger partial charge in [0, 0.05) is 35.3 Å². The molecule has 27 heavy (non-hydrogen) atoms. The van der Waals surface area contributed by atoms with Gasteiger partial charge >= 0.3 is 0 Å². The van der Waals surface area contributed by atoms with Gasteiger partial charge in [0.1, 0.15) is 5.75 Å². The topological polar surface area (TPSA) is 55.0 Å². The highest BCUT2D eigenvalue weighted by Gasteiger charge is 2.22. The van der Waals surface area contributed by atoms with Gasteiger partial charge in [-0.1, -0.05) is 32.9 Å². The number of ether oxygens (including phenoxy) is 1. The number of aromatic amines is 1. The van der Waals surface area contributed by atoms with Crippen LogP contribution in [0.25, 0.3) is 23.3 Å². The number of pyridine rings is 2. The molecule has 0 bridgehead atoms. The van der Waals surface area contributed by atoms with Crippen LogP contribution in [0.1, 0.15) is 37.5 Å². The van der Waals surface area contributed by atoms with Gasteiger partial charge < -0.3 is 9.72 Å². The molecular formula is C23H24N2O2. The third-order valence-electron chi connectivity index (χ3n) is 4.42. The Balaban J connectivity index is 2.21. The minimum atomic E-state index is -0.137. The normalized spacial score (nSPS) is 11.7. The van der Waals surface area contributed by atoms with Crippen molar-refractivity contribution in [2.24, 2.45) is 0 Å². The van der Waals surface area contributed by atoms with Gasteiger partial charge in [0.2, 0.25) is 0 Å². The number of hydrogen-bond acceptors (Lipinski definition) is 3. The lowest BCUT2D eigenvalue weighted by Crippen LogP contribution is -2.15. The van der Waals surface area contributed by atoms with Gasteiger partial charge in [-0.2, -0.15) is 0 Å². The maximum absolute atomic E-state index is 12.3. The lowest BCUT2D eigenvalue weighted by Gasteiger charge is -2.24. The van der Waals surface area contributed by atoms with Crippen molar-refractivity contribution in [2.45, 2.75) is 26.2 Å². The first-order valence-corrected chi connectivity index (χ1v) is 8.89. The molecule has 2 aromatic heterocycles. The van der Waals surface area contributed by atoms with Crippen LogP contribution in [0, 0.1) is 0 Å². The number of aromatic nitrogens is 2. The first-order valence-electron chi connectivity index (χ1n) is 8.89. The molecule has 4 heteroatoms. The second kappa shape index (κ2) is 7.62. The highest BCUT2D eigenvalue weighted by Crippen LogP contribution is 2.38. The van der Waals surface area contributed by atoms with Crippen molar-refractivity contribution in [1.82, 2.24) is 9.97 Å². The maximum atomic E-state index is 12.3. The van der Waals surface area contributed by atoms with Crippen molar-refractivity contribution < 1.29 is 4.74 Å². The van der Waals surface area contributed by atoms with Crippen molar-refractivity contribution in [3.05, 3.63) is 82.0 Å². The fourth-order valence-electron chi connectivity index (χ4n) is 3.02. The number of nitrogens with one attached hydrogen (secondary N) is 1. The summed E-state index contributed by atoms with van der Waals surface area (Å²) in [6.07, 6.45) is 9.20. The van der Waals surface area contributed by atoms with Gasteiger partial charge in [-0.25, -0.2) is 0 Å². The van der Waals surface area contributed by atoms with E-state index in [0.29, 0.717) is 5.56 Å². The number of rotatable bonds is 4. The summed E-state index contributed by atoms with van der Waals surface area (Å²) in [7, 11) is 1.68. The van der Waals surface area contributed by atoms with Crippen molar-refractivity contribution in [3.63, 3.8) is 0 Å². The quantitative estimate of drug-likeness (QED) is 0.719. The van der Waals surface area contributed by atoms with E-state index in [1.807, 2.05) is 48.6 Å². The van der Waals surface area contributed by atoms with E-state index in [-0.39, 0.29) is 11.0 Å². The fraction of sp³-hybridized carbons (Fsp3) is 0.217. The Morgan fingerprint density at radius 2 is 1.81 bits per heavy atom. The minimum Gasteiger partial charge on any atom is -0.496 e. The van der Waals surface area contributed by atoms with Crippen LogP contribution in [-0.2, 0) is 5.41 Å². The van der Waals surface area contributed by atoms with Crippen LogP contribution in [0.4, 0.5) is 0 Å². The first kappa shape index (κ1) is 18.6. The zero-order valence-corrected chi connectivity index (χ0v) is 16.1. The number of benzene rings is 1. The Kier molecular flexibility index (Phi) is 5.26. The van der Waals surface area contributed by atoms with Crippen LogP contribution in [0.2, 0.25) is 0 Å². The second-order valence-corrected chi connectivity index (χ2v) is 7.42. The molecule has 0 fully saturated rings. The third-order valence-corrected chi connectivity index (χ3v) is 4.42. The number of hydrogen-bond donors (Lipinski definition) is 1. The van der Waals surface area contributed by atoms with Crippen LogP contribution < -0.4 is 10.3 Å². The predicted octanol–water partition coefficient (Wildman–Crippen LogP) is 4.91. The van der Waals surface area contributed by atoms with Crippen LogP contribution >= 0.6 is 0 Å². The van der Waals surface area contributed by atoms with E-state index in [0.717, 1.165) is 28.0 Å². The molecule has 1 N–H and O–H groups in total. The molecule has 138 valence electrons. The Morgan fingerprint density at radius 1 is 1.07 bits per heavy atom. The highest BCUT2D eigenvalue weighted by molar-refractivity contribution is 5.78. The minimum absolute atomic E-state index is 0.105. The van der Waals surface area contributed by atoms with Gasteiger partial charge in [0.25, 0.3) is 5.56 Å². The number of methoxy groups -OCH3 is 1. The SMILES string of the molecule is COc1c(C=Cc2ccncc2)cc(-c2ccc[nH]c2=O)cc1C(C)(C)C. The molecular weight excluding hydrogens is 336 g/mol. The number of H-pyrrole nitrogens is 1. The van der Waals surface area contributed by atoms with Crippen LogP contribution in [0.5, 0.6) is 5.75 Å². The summed E-state index contributed by atoms with van der Waals surface area (Å²) in [6, 6.07) is 11.6. The van der Waals surface area contributed by atoms with Crippen molar-refractivity contribution >= 4 is 12.2 Å². The molecule has 2 heterocycles. The van der Waals surface area contributed by atoms with Gasteiger partial charge in [0.05, 0.1) is 7.11 Å². The molecule has 0 atom stereocenters. The molecule has 0 aliphatic rings. The Labute approximate surface area is 159 Å². The van der Waals surface area contributed by atoms with Gasteiger partial charge in [-0.05, 0) is 52.9 Å². The monoisotopic (exact) mass is 360 g/mol. The largest absolute Gasteiger partial charge is 0.496 e. The molecule has 4 nitrogen and oxygen atoms in total. The standard InChI is InChI=1S/C23H24N2O2/c1-23(2,3)20-15-18(19-6-5-11-25-22(19)26)14-17(21(20)27-4)8-7-16-9-12-24-13-10-16/h5-15H,1-4H3,(H,25,26). The molecule has 0 aliphatic carbocycles. The summed E-state index contributed by atoms with van der Waals surface area (Å²) in [5.74, 6) is 0.823. The molecule has 3 rings (SSSR count). The van der Waals surface area contributed by atoms with Crippen LogP contribution in [-0.4, -0.2) is 17.1 Å². The molecule has 0 saturated carbocycles. The maximum Gasteiger partial charge on any atom is 0.255 e. The van der Waals surface area contributed by atoms with E-state index in [9.17, 15) is 4.79 Å². The zero-order chi connectivity index (χ0) is 19.4. The van der Waals surface area contributed by atoms with Crippen molar-refractivity contribution in [1.29, 1.82) is 0 Å². The highest BCUT2D eigenvalue weighted by atomic mass is 16.5. The summed E-state index contributed by atoms with van der Waals surface area (Å²) < 4.78 is 5.76. The summed E-state index contributed by atoms with van der Waals surface area (Å²) in [5.41, 5.74) is 4.31. The Bertz CT molecular complexity index is 1010. The van der Waals surface area contributed by atoms with E-state index in [1.54, 1.807) is 25.7 Å². The van der Waals surface area contributed by atoms with Gasteiger partial charge in [-0.3, -0.25) is 9.78 Å². The van der Waals surface area contributed by atoms with E-state index in [2.05, 4.69) is 30.7 Å². The first-order chi connectivity index (χ1) is 12.9. The number of nitrogens with zero attached hydrogens (tertiary/aromatic N) is 1. The summed E-state index contributed by atoms with van der Waals surface area (Å²) in [6.45, 7) is 6.42. The molecule has 0 saturated heterocycles. The summed E-state index contributed by atoms with van der Waals surface area (Å²) >= 11 is 0. The van der Waals surface area contributed by atoms with E-state index >= 15 is 0 Å². The molecule has 0 spiro atoms. The van der Waals surface area contributed by atoms with E-state index in [1.165, 1.54) is 0 Å². The lowest BCUT2D eigenvalue weighted by molar-refractivity contribution is 0.397. The summed E-state index contributed by atoms with van der Waals surface area (Å²) in [5, 5.41) is 0. The molecule has 0 amide bonds.